The first kappa shape index (κ1) is 24.6. The number of allylic oxidation sites excluding steroid dienone is 1. The van der Waals surface area contributed by atoms with Gasteiger partial charge < -0.3 is 14.2 Å². The highest BCUT2D eigenvalue weighted by Crippen LogP contribution is 2.59. The Kier molecular flexibility index (Phi) is 5.98. The highest BCUT2D eigenvalue weighted by Gasteiger charge is 2.71. The summed E-state index contributed by atoms with van der Waals surface area (Å²) in [6, 6.07) is 0. The largest absolute Gasteiger partial charge is 0.465 e. The van der Waals surface area contributed by atoms with E-state index in [0.717, 1.165) is 32.1 Å². The molecule has 0 spiro atoms. The van der Waals surface area contributed by atoms with E-state index in [-0.39, 0.29) is 12.3 Å². The van der Waals surface area contributed by atoms with E-state index in [0.29, 0.717) is 12.3 Å². The highest BCUT2D eigenvalue weighted by atomic mass is 32.2. The molecule has 3 saturated carbocycles. The molecule has 1 aliphatic heterocycles. The Morgan fingerprint density at radius 1 is 1.29 bits per heavy atom. The molecule has 0 aromatic rings. The van der Waals surface area contributed by atoms with Crippen molar-refractivity contribution >= 4 is 28.0 Å². The minimum Gasteiger partial charge on any atom is -0.462 e. The van der Waals surface area contributed by atoms with Gasteiger partial charge in [0.15, 0.2) is 0 Å². The smallest absolute Gasteiger partial charge is 0.462 e. The van der Waals surface area contributed by atoms with Crippen molar-refractivity contribution in [1.82, 2.24) is 0 Å². The fraction of sp³-hybridized carbons (Fsp3) is 0.783. The van der Waals surface area contributed by atoms with E-state index in [1.807, 2.05) is 6.92 Å². The number of fused-ring (bicyclic) bond motifs is 3. The number of carbonyl (C=O) groups excluding carboxylic acids is 3. The Hall–Kier alpha value is -2.08. The van der Waals surface area contributed by atoms with Crippen molar-refractivity contribution in [3.63, 3.8) is 0 Å². The summed E-state index contributed by atoms with van der Waals surface area (Å²) in [7, 11) is -6.06. The second kappa shape index (κ2) is 8.50. The molecule has 4 aliphatic carbocycles. The summed E-state index contributed by atoms with van der Waals surface area (Å²) >= 11 is 0. The van der Waals surface area contributed by atoms with Crippen molar-refractivity contribution in [1.29, 1.82) is 0 Å². The normalized spacial score (nSPS) is 38.5. The second-order valence-electron chi connectivity index (χ2n) is 10.4. The predicted molar refractivity (Wildman–Crippen MR) is 113 cm³/mol. The maximum Gasteiger partial charge on any atom is 0.465 e. The third-order valence-corrected chi connectivity index (χ3v) is 9.30. The van der Waals surface area contributed by atoms with Crippen molar-refractivity contribution in [3.05, 3.63) is 11.6 Å². The number of rotatable bonds is 7. The summed E-state index contributed by atoms with van der Waals surface area (Å²) in [5.74, 6) is -6.45. The van der Waals surface area contributed by atoms with Gasteiger partial charge in [-0.2, -0.15) is 17.2 Å². The lowest BCUT2D eigenvalue weighted by atomic mass is 9.72. The van der Waals surface area contributed by atoms with Crippen molar-refractivity contribution in [2.45, 2.75) is 75.4 Å². The summed E-state index contributed by atoms with van der Waals surface area (Å²) in [5.41, 5.74) is 1.38. The van der Waals surface area contributed by atoms with Gasteiger partial charge in [0.1, 0.15) is 18.3 Å². The Bertz CT molecular complexity index is 1070. The van der Waals surface area contributed by atoms with Crippen LogP contribution in [0.25, 0.3) is 0 Å². The Morgan fingerprint density at radius 3 is 2.69 bits per heavy atom. The number of hydrogen-bond acceptors (Lipinski definition) is 8. The average Bonchev–Trinajstić information content (AvgIpc) is 3.40. The number of hydrogen-bond donors (Lipinski definition) is 1. The Morgan fingerprint density at radius 2 is 2.03 bits per heavy atom. The molecule has 1 heterocycles. The van der Waals surface area contributed by atoms with E-state index < -0.39 is 75.3 Å². The molecule has 0 aromatic heterocycles. The van der Waals surface area contributed by atoms with Crippen LogP contribution in [-0.2, 0) is 38.7 Å². The topological polar surface area (TPSA) is 133 Å². The molecule has 9 unspecified atom stereocenters. The Balaban J connectivity index is 1.34. The van der Waals surface area contributed by atoms with E-state index in [2.05, 4.69) is 6.08 Å². The number of ether oxygens (including phenoxy) is 3. The highest BCUT2D eigenvalue weighted by molar-refractivity contribution is 7.87. The zero-order valence-corrected chi connectivity index (χ0v) is 19.9. The summed E-state index contributed by atoms with van der Waals surface area (Å²) in [4.78, 5) is 37.8. The molecule has 4 fully saturated rings. The molecule has 0 aromatic carbocycles. The molecular formula is C23H28F2O9S. The molecule has 5 aliphatic rings. The molecule has 9 atom stereocenters. The van der Waals surface area contributed by atoms with E-state index in [9.17, 15) is 31.6 Å². The van der Waals surface area contributed by atoms with Crippen LogP contribution in [0.1, 0.15) is 51.9 Å². The molecular weight excluding hydrogens is 490 g/mol. The summed E-state index contributed by atoms with van der Waals surface area (Å²) in [6.07, 6.45) is 5.40. The molecule has 4 bridgehead atoms. The maximum absolute atomic E-state index is 13.8. The van der Waals surface area contributed by atoms with Gasteiger partial charge in [-0.1, -0.05) is 18.6 Å². The lowest BCUT2D eigenvalue weighted by molar-refractivity contribution is -0.180. The first-order valence-electron chi connectivity index (χ1n) is 12.1. The van der Waals surface area contributed by atoms with Gasteiger partial charge in [-0.25, -0.2) is 4.79 Å². The summed E-state index contributed by atoms with van der Waals surface area (Å²) in [6.45, 7) is 1.91. The van der Waals surface area contributed by atoms with Crippen LogP contribution in [-0.4, -0.2) is 54.4 Å². The fourth-order valence-electron chi connectivity index (χ4n) is 7.03. The molecule has 35 heavy (non-hydrogen) atoms. The van der Waals surface area contributed by atoms with E-state index in [4.69, 9.17) is 18.8 Å². The van der Waals surface area contributed by atoms with Gasteiger partial charge in [-0.15, -0.1) is 0 Å². The van der Waals surface area contributed by atoms with Crippen molar-refractivity contribution in [2.24, 2.45) is 35.5 Å². The van der Waals surface area contributed by atoms with Gasteiger partial charge in [0.2, 0.25) is 0 Å². The van der Waals surface area contributed by atoms with Gasteiger partial charge in [-0.05, 0) is 50.9 Å². The molecule has 194 valence electrons. The molecule has 12 heteroatoms. The zero-order chi connectivity index (χ0) is 25.3. The van der Waals surface area contributed by atoms with E-state index in [1.54, 1.807) is 0 Å². The van der Waals surface area contributed by atoms with Crippen LogP contribution in [0.3, 0.4) is 0 Å². The van der Waals surface area contributed by atoms with E-state index >= 15 is 0 Å². The van der Waals surface area contributed by atoms with Crippen molar-refractivity contribution < 1.29 is 50.3 Å². The molecule has 9 nitrogen and oxygen atoms in total. The third-order valence-electron chi connectivity index (χ3n) is 8.49. The second-order valence-corrected chi connectivity index (χ2v) is 11.9. The van der Waals surface area contributed by atoms with Crippen molar-refractivity contribution in [2.75, 3.05) is 0 Å². The molecule has 5 rings (SSSR count). The van der Waals surface area contributed by atoms with E-state index in [1.165, 1.54) is 5.57 Å². The maximum atomic E-state index is 13.8. The van der Waals surface area contributed by atoms with Gasteiger partial charge in [0, 0.05) is 17.8 Å². The van der Waals surface area contributed by atoms with Crippen LogP contribution in [0.4, 0.5) is 8.78 Å². The van der Waals surface area contributed by atoms with Gasteiger partial charge in [0.25, 0.3) is 0 Å². The molecule has 1 N–H and O–H groups in total. The molecule has 1 saturated heterocycles. The van der Waals surface area contributed by atoms with Crippen LogP contribution < -0.4 is 0 Å². The lowest BCUT2D eigenvalue weighted by Gasteiger charge is -2.37. The van der Waals surface area contributed by atoms with Crippen molar-refractivity contribution in [3.8, 4) is 0 Å². The van der Waals surface area contributed by atoms with Crippen LogP contribution in [0, 0.1) is 35.5 Å². The average molecular weight is 519 g/mol. The number of halogens is 2. The zero-order valence-electron chi connectivity index (χ0n) is 19.1. The van der Waals surface area contributed by atoms with Gasteiger partial charge in [0.05, 0.1) is 11.8 Å². The van der Waals surface area contributed by atoms with Gasteiger partial charge >= 0.3 is 33.3 Å². The monoisotopic (exact) mass is 518 g/mol. The molecule has 0 radical (unpaired) electrons. The number of alkyl halides is 2. The predicted octanol–water partition coefficient (Wildman–Crippen LogP) is 2.64. The van der Waals surface area contributed by atoms with Crippen LogP contribution in [0.5, 0.6) is 0 Å². The fourth-order valence-corrected chi connectivity index (χ4v) is 7.29. The lowest BCUT2D eigenvalue weighted by Crippen LogP contribution is -2.48. The summed E-state index contributed by atoms with van der Waals surface area (Å²) < 4.78 is 74.1. The number of esters is 3. The minimum absolute atomic E-state index is 0.0574. The third kappa shape index (κ3) is 3.96. The van der Waals surface area contributed by atoms with Crippen LogP contribution in [0.2, 0.25) is 0 Å². The quantitative estimate of drug-likeness (QED) is 0.234. The first-order valence-corrected chi connectivity index (χ1v) is 13.5. The van der Waals surface area contributed by atoms with Crippen LogP contribution >= 0.6 is 0 Å². The summed E-state index contributed by atoms with van der Waals surface area (Å²) in [5, 5.41) is -5.19. The van der Waals surface area contributed by atoms with Crippen LogP contribution in [0.15, 0.2) is 11.6 Å². The standard InChI is InChI=1S/C23H28F2O9S/c1-2-15(12-7-10-4-3-5-11(6-10)8-12)32-20(26)16-14-9-13-17(16)21(27)33-18(13)19(14)34-22(28)23(24,25)35(29,30)31/h7,11-19H,2-6,8-9H2,1H3,(H,29,30,31). The number of carbonyl (C=O) groups is 3. The Labute approximate surface area is 201 Å². The molecule has 0 amide bonds. The minimum atomic E-state index is -6.06. The first-order chi connectivity index (χ1) is 16.4. The van der Waals surface area contributed by atoms with Gasteiger partial charge in [-0.3, -0.25) is 14.1 Å². The SMILES string of the molecule is CCC(OC(=O)C1C2CC3C(OC(=O)C31)C2OC(=O)C(F)(F)S(=O)(=O)O)C1C=C2CCCC(C2)C1.